The highest BCUT2D eigenvalue weighted by atomic mass is 16.1. The van der Waals surface area contributed by atoms with Gasteiger partial charge in [-0.15, -0.1) is 0 Å². The molecule has 1 heteroatoms. The predicted octanol–water partition coefficient (Wildman–Crippen LogP) is 6.65. The van der Waals surface area contributed by atoms with Gasteiger partial charge >= 0.3 is 0 Å². The molecule has 0 aliphatic heterocycles. The van der Waals surface area contributed by atoms with Crippen LogP contribution in [0.5, 0.6) is 0 Å². The molecule has 4 aliphatic rings. The van der Waals surface area contributed by atoms with E-state index in [2.05, 4.69) is 27.7 Å². The lowest BCUT2D eigenvalue weighted by molar-refractivity contribution is -0.140. The smallest absolute Gasteiger partial charge is 0.133 e. The van der Waals surface area contributed by atoms with E-state index in [9.17, 15) is 4.79 Å². The number of Topliss-reactive ketones (excluding diaryl/α,β-unsaturated/α-hetero) is 1. The molecule has 0 spiro atoms. The van der Waals surface area contributed by atoms with E-state index >= 15 is 0 Å². The molecule has 4 saturated carbocycles. The second-order valence-electron chi connectivity index (χ2n) is 10.9. The standard InChI is InChI=1S/C24H40O/c1-5-6-16(2)20-9-10-21-19-8-7-17-15-18(25)11-13-23(17,3)22(19)12-14-24(20,21)4/h16-17,19-22H,5-15H2,1-4H3/t16-,17+,19+,20-,21+,22+,23+,24-/m1/s1. The molecule has 142 valence electrons. The molecule has 0 unspecified atom stereocenters. The zero-order valence-corrected chi connectivity index (χ0v) is 17.2. The Kier molecular flexibility index (Phi) is 4.61. The van der Waals surface area contributed by atoms with Gasteiger partial charge in [0, 0.05) is 12.8 Å². The van der Waals surface area contributed by atoms with Gasteiger partial charge in [0.05, 0.1) is 0 Å². The first-order chi connectivity index (χ1) is 11.9. The number of ketones is 1. The van der Waals surface area contributed by atoms with Crippen LogP contribution in [0.4, 0.5) is 0 Å². The van der Waals surface area contributed by atoms with Crippen molar-refractivity contribution in [2.45, 2.75) is 98.3 Å². The topological polar surface area (TPSA) is 17.1 Å². The van der Waals surface area contributed by atoms with E-state index in [1.54, 1.807) is 0 Å². The van der Waals surface area contributed by atoms with Crippen LogP contribution in [0.3, 0.4) is 0 Å². The molecule has 0 radical (unpaired) electrons. The average Bonchev–Trinajstić information content (AvgIpc) is 2.93. The number of carbonyl (C=O) groups is 1. The van der Waals surface area contributed by atoms with Gasteiger partial charge in [-0.2, -0.15) is 0 Å². The van der Waals surface area contributed by atoms with Crippen LogP contribution in [0.1, 0.15) is 98.3 Å². The highest BCUT2D eigenvalue weighted by Crippen LogP contribution is 2.68. The zero-order valence-electron chi connectivity index (χ0n) is 17.2. The third kappa shape index (κ3) is 2.66. The highest BCUT2D eigenvalue weighted by molar-refractivity contribution is 5.79. The minimum atomic E-state index is 0.477. The lowest BCUT2D eigenvalue weighted by Crippen LogP contribution is -2.53. The number of rotatable bonds is 3. The van der Waals surface area contributed by atoms with Crippen molar-refractivity contribution < 1.29 is 4.79 Å². The highest BCUT2D eigenvalue weighted by Gasteiger charge is 2.60. The molecule has 0 N–H and O–H groups in total. The third-order valence-corrected chi connectivity index (χ3v) is 9.99. The van der Waals surface area contributed by atoms with Crippen molar-refractivity contribution in [3.8, 4) is 0 Å². The summed E-state index contributed by atoms with van der Waals surface area (Å²) < 4.78 is 0. The van der Waals surface area contributed by atoms with E-state index in [4.69, 9.17) is 0 Å². The van der Waals surface area contributed by atoms with Crippen LogP contribution in [-0.2, 0) is 4.79 Å². The first-order valence-electron chi connectivity index (χ1n) is 11.4. The monoisotopic (exact) mass is 344 g/mol. The summed E-state index contributed by atoms with van der Waals surface area (Å²) in [7, 11) is 0. The average molecular weight is 345 g/mol. The van der Waals surface area contributed by atoms with E-state index in [1.807, 2.05) is 0 Å². The molecule has 0 aromatic carbocycles. The van der Waals surface area contributed by atoms with Crippen LogP contribution in [0.25, 0.3) is 0 Å². The fraction of sp³-hybridized carbons (Fsp3) is 0.958. The lowest BCUT2D eigenvalue weighted by Gasteiger charge is -2.60. The second kappa shape index (κ2) is 6.38. The maximum Gasteiger partial charge on any atom is 0.133 e. The van der Waals surface area contributed by atoms with Crippen molar-refractivity contribution in [2.24, 2.45) is 46.3 Å². The molecule has 0 heterocycles. The van der Waals surface area contributed by atoms with Crippen molar-refractivity contribution >= 4 is 5.78 Å². The molecule has 0 bridgehead atoms. The number of hydrogen-bond donors (Lipinski definition) is 0. The van der Waals surface area contributed by atoms with E-state index in [0.29, 0.717) is 22.5 Å². The molecular weight excluding hydrogens is 304 g/mol. The van der Waals surface area contributed by atoms with E-state index in [0.717, 1.165) is 42.4 Å². The SMILES string of the molecule is CCC[C@@H](C)[C@H]1CC[C@H]2[C@@H]3CC[C@H]4CC(=O)CC[C@]4(C)[C@H]3CC[C@]12C. The second-order valence-corrected chi connectivity index (χ2v) is 10.9. The summed E-state index contributed by atoms with van der Waals surface area (Å²) in [6, 6.07) is 0. The fourth-order valence-corrected chi connectivity index (χ4v) is 8.68. The molecule has 4 fully saturated rings. The number of hydrogen-bond acceptors (Lipinski definition) is 1. The Labute approximate surface area is 155 Å². The van der Waals surface area contributed by atoms with E-state index in [1.165, 1.54) is 57.8 Å². The Hall–Kier alpha value is -0.330. The van der Waals surface area contributed by atoms with E-state index in [-0.39, 0.29) is 0 Å². The van der Waals surface area contributed by atoms with Gasteiger partial charge in [-0.05, 0) is 91.3 Å². The third-order valence-electron chi connectivity index (χ3n) is 9.99. The van der Waals surface area contributed by atoms with Crippen LogP contribution in [0, 0.1) is 46.3 Å². The lowest BCUT2D eigenvalue weighted by atomic mass is 9.44. The van der Waals surface area contributed by atoms with Crippen LogP contribution in [0.2, 0.25) is 0 Å². The predicted molar refractivity (Wildman–Crippen MR) is 104 cm³/mol. The Morgan fingerprint density at radius 2 is 1.76 bits per heavy atom. The van der Waals surface area contributed by atoms with Crippen molar-refractivity contribution in [1.29, 1.82) is 0 Å². The van der Waals surface area contributed by atoms with Crippen molar-refractivity contribution in [3.63, 3.8) is 0 Å². The molecule has 4 rings (SSSR count). The maximum absolute atomic E-state index is 12.0. The largest absolute Gasteiger partial charge is 0.300 e. The van der Waals surface area contributed by atoms with Gasteiger partial charge in [0.1, 0.15) is 5.78 Å². The zero-order chi connectivity index (χ0) is 17.8. The molecule has 0 saturated heterocycles. The van der Waals surface area contributed by atoms with Crippen molar-refractivity contribution in [2.75, 3.05) is 0 Å². The molecule has 25 heavy (non-hydrogen) atoms. The van der Waals surface area contributed by atoms with Gasteiger partial charge in [0.2, 0.25) is 0 Å². The van der Waals surface area contributed by atoms with E-state index < -0.39 is 0 Å². The molecule has 0 amide bonds. The summed E-state index contributed by atoms with van der Waals surface area (Å²) in [6.07, 6.45) is 14.4. The summed E-state index contributed by atoms with van der Waals surface area (Å²) in [5, 5.41) is 0. The quantitative estimate of drug-likeness (QED) is 0.560. The summed E-state index contributed by atoms with van der Waals surface area (Å²) in [5.74, 6) is 6.00. The summed E-state index contributed by atoms with van der Waals surface area (Å²) in [5.41, 5.74) is 1.09. The molecule has 8 atom stereocenters. The Morgan fingerprint density at radius 3 is 2.52 bits per heavy atom. The first-order valence-corrected chi connectivity index (χ1v) is 11.4. The van der Waals surface area contributed by atoms with Gasteiger partial charge in [-0.25, -0.2) is 0 Å². The van der Waals surface area contributed by atoms with Gasteiger partial charge in [0.25, 0.3) is 0 Å². The van der Waals surface area contributed by atoms with Crippen LogP contribution in [0.15, 0.2) is 0 Å². The maximum atomic E-state index is 12.0. The summed E-state index contributed by atoms with van der Waals surface area (Å²) >= 11 is 0. The molecular formula is C24H40O. The summed E-state index contributed by atoms with van der Waals surface area (Å²) in [4.78, 5) is 12.0. The van der Waals surface area contributed by atoms with Crippen molar-refractivity contribution in [3.05, 3.63) is 0 Å². The van der Waals surface area contributed by atoms with Gasteiger partial charge in [0.15, 0.2) is 0 Å². The molecule has 1 nitrogen and oxygen atoms in total. The van der Waals surface area contributed by atoms with Crippen molar-refractivity contribution in [1.82, 2.24) is 0 Å². The molecule has 0 aromatic rings. The van der Waals surface area contributed by atoms with Gasteiger partial charge in [-0.3, -0.25) is 4.79 Å². The Morgan fingerprint density at radius 1 is 1.00 bits per heavy atom. The summed E-state index contributed by atoms with van der Waals surface area (Å²) in [6.45, 7) is 10.2. The normalized spacial score (nSPS) is 50.7. The fourth-order valence-electron chi connectivity index (χ4n) is 8.68. The van der Waals surface area contributed by atoms with Crippen LogP contribution in [-0.4, -0.2) is 5.78 Å². The number of carbonyl (C=O) groups excluding carboxylic acids is 1. The van der Waals surface area contributed by atoms with Crippen LogP contribution < -0.4 is 0 Å². The van der Waals surface area contributed by atoms with Crippen LogP contribution >= 0.6 is 0 Å². The minimum absolute atomic E-state index is 0.477. The first kappa shape index (κ1) is 18.1. The molecule has 4 aliphatic carbocycles. The Balaban J connectivity index is 1.57. The number of fused-ring (bicyclic) bond motifs is 5. The Bertz CT molecular complexity index is 524. The van der Waals surface area contributed by atoms with Gasteiger partial charge < -0.3 is 0 Å². The van der Waals surface area contributed by atoms with Gasteiger partial charge in [-0.1, -0.05) is 40.5 Å². The minimum Gasteiger partial charge on any atom is -0.300 e. The molecule has 0 aromatic heterocycles.